The zero-order chi connectivity index (χ0) is 13.9. The summed E-state index contributed by atoms with van der Waals surface area (Å²) in [5.41, 5.74) is 4.89. The Morgan fingerprint density at radius 3 is 2.44 bits per heavy atom. The molecule has 0 radical (unpaired) electrons. The maximum Gasteiger partial charge on any atom is 0.252 e. The van der Waals surface area contributed by atoms with E-state index < -0.39 is 18.0 Å². The number of Topliss-reactive ketones (excluding diaryl/α,β-unsaturated/α-hetero) is 1. The van der Waals surface area contributed by atoms with E-state index in [0.29, 0.717) is 0 Å². The molecule has 1 aromatic rings. The predicted octanol–water partition coefficient (Wildman–Crippen LogP) is 0.417. The first-order chi connectivity index (χ1) is 8.32. The van der Waals surface area contributed by atoms with Gasteiger partial charge < -0.3 is 20.7 Å². The Kier molecular flexibility index (Phi) is 4.41. The normalized spacial score (nSPS) is 12.4. The SMILES string of the molecule is CC(C)OC(O)C(=O)c1ccc(O)c(C(N)=O)c1. The van der Waals surface area contributed by atoms with Crippen LogP contribution in [0.3, 0.4) is 0 Å². The highest BCUT2D eigenvalue weighted by atomic mass is 16.6. The Bertz CT molecular complexity index is 470. The summed E-state index contributed by atoms with van der Waals surface area (Å²) in [6.07, 6.45) is -1.94. The molecule has 0 aliphatic carbocycles. The molecule has 0 saturated heterocycles. The topological polar surface area (TPSA) is 110 Å². The number of ether oxygens (including phenoxy) is 1. The van der Waals surface area contributed by atoms with E-state index in [1.54, 1.807) is 13.8 Å². The largest absolute Gasteiger partial charge is 0.507 e. The van der Waals surface area contributed by atoms with E-state index in [0.717, 1.165) is 12.1 Å². The van der Waals surface area contributed by atoms with Gasteiger partial charge in [-0.15, -0.1) is 0 Å². The van der Waals surface area contributed by atoms with Crippen LogP contribution in [0.2, 0.25) is 0 Å². The smallest absolute Gasteiger partial charge is 0.252 e. The van der Waals surface area contributed by atoms with Crippen LogP contribution in [0.25, 0.3) is 0 Å². The number of amides is 1. The summed E-state index contributed by atoms with van der Waals surface area (Å²) in [5.74, 6) is -1.88. The van der Waals surface area contributed by atoms with Gasteiger partial charge in [0.2, 0.25) is 12.1 Å². The first kappa shape index (κ1) is 14.1. The lowest BCUT2D eigenvalue weighted by Gasteiger charge is -2.14. The molecular weight excluding hydrogens is 238 g/mol. The number of rotatable bonds is 5. The second-order valence-electron chi connectivity index (χ2n) is 4.00. The number of aromatic hydroxyl groups is 1. The van der Waals surface area contributed by atoms with Crippen molar-refractivity contribution in [3.05, 3.63) is 29.3 Å². The molecule has 0 aliphatic rings. The first-order valence-electron chi connectivity index (χ1n) is 5.33. The highest BCUT2D eigenvalue weighted by molar-refractivity contribution is 6.02. The van der Waals surface area contributed by atoms with Crippen molar-refractivity contribution in [1.82, 2.24) is 0 Å². The molecule has 0 fully saturated rings. The molecule has 6 nitrogen and oxygen atoms in total. The zero-order valence-corrected chi connectivity index (χ0v) is 10.1. The number of carbonyl (C=O) groups is 2. The van der Waals surface area contributed by atoms with Crippen LogP contribution in [-0.2, 0) is 4.74 Å². The summed E-state index contributed by atoms with van der Waals surface area (Å²) in [6, 6.07) is 3.55. The Hall–Kier alpha value is -1.92. The number of aliphatic hydroxyl groups excluding tert-OH is 1. The number of primary amides is 1. The van der Waals surface area contributed by atoms with Gasteiger partial charge in [-0.2, -0.15) is 0 Å². The van der Waals surface area contributed by atoms with Gasteiger partial charge in [-0.05, 0) is 32.0 Å². The predicted molar refractivity (Wildman–Crippen MR) is 63.2 cm³/mol. The fraction of sp³-hybridized carbons (Fsp3) is 0.333. The van der Waals surface area contributed by atoms with Gasteiger partial charge in [-0.3, -0.25) is 9.59 Å². The van der Waals surface area contributed by atoms with Gasteiger partial charge in [-0.1, -0.05) is 0 Å². The highest BCUT2D eigenvalue weighted by Crippen LogP contribution is 2.19. The average molecular weight is 253 g/mol. The second-order valence-corrected chi connectivity index (χ2v) is 4.00. The number of hydrogen-bond donors (Lipinski definition) is 3. The van der Waals surface area contributed by atoms with Crippen LogP contribution in [0.15, 0.2) is 18.2 Å². The summed E-state index contributed by atoms with van der Waals surface area (Å²) >= 11 is 0. The van der Waals surface area contributed by atoms with E-state index in [2.05, 4.69) is 0 Å². The number of nitrogens with two attached hydrogens (primary N) is 1. The minimum Gasteiger partial charge on any atom is -0.507 e. The van der Waals surface area contributed by atoms with Crippen LogP contribution in [0.4, 0.5) is 0 Å². The molecule has 6 heteroatoms. The van der Waals surface area contributed by atoms with Gasteiger partial charge in [-0.25, -0.2) is 0 Å². The lowest BCUT2D eigenvalue weighted by atomic mass is 10.1. The van der Waals surface area contributed by atoms with E-state index in [4.69, 9.17) is 10.5 Å². The van der Waals surface area contributed by atoms with Crippen LogP contribution < -0.4 is 5.73 Å². The number of phenols is 1. The van der Waals surface area contributed by atoms with Crippen molar-refractivity contribution in [2.75, 3.05) is 0 Å². The monoisotopic (exact) mass is 253 g/mol. The van der Waals surface area contributed by atoms with Gasteiger partial charge in [0, 0.05) is 5.56 Å². The number of benzene rings is 1. The molecule has 0 aliphatic heterocycles. The third-order valence-electron chi connectivity index (χ3n) is 2.17. The van der Waals surface area contributed by atoms with Crippen molar-refractivity contribution in [3.63, 3.8) is 0 Å². The van der Waals surface area contributed by atoms with Gasteiger partial charge in [0.05, 0.1) is 11.7 Å². The van der Waals surface area contributed by atoms with Crippen molar-refractivity contribution in [2.24, 2.45) is 5.73 Å². The van der Waals surface area contributed by atoms with Crippen LogP contribution in [0.1, 0.15) is 34.6 Å². The van der Waals surface area contributed by atoms with Crippen LogP contribution in [0.5, 0.6) is 5.75 Å². The average Bonchev–Trinajstić information content (AvgIpc) is 2.27. The molecule has 0 bridgehead atoms. The lowest BCUT2D eigenvalue weighted by molar-refractivity contribution is -0.0971. The summed E-state index contributed by atoms with van der Waals surface area (Å²) < 4.78 is 4.92. The fourth-order valence-corrected chi connectivity index (χ4v) is 1.35. The summed E-state index contributed by atoms with van der Waals surface area (Å²) in [4.78, 5) is 22.8. The van der Waals surface area contributed by atoms with Crippen LogP contribution >= 0.6 is 0 Å². The minimum atomic E-state index is -1.62. The van der Waals surface area contributed by atoms with Crippen LogP contribution in [-0.4, -0.2) is 34.3 Å². The molecule has 4 N–H and O–H groups in total. The minimum absolute atomic E-state index is 0.0368. The molecule has 98 valence electrons. The molecule has 0 heterocycles. The summed E-state index contributed by atoms with van der Waals surface area (Å²) in [7, 11) is 0. The molecule has 18 heavy (non-hydrogen) atoms. The Morgan fingerprint density at radius 1 is 1.33 bits per heavy atom. The number of carbonyl (C=O) groups excluding carboxylic acids is 2. The van der Waals surface area contributed by atoms with Gasteiger partial charge in [0.1, 0.15) is 5.75 Å². The summed E-state index contributed by atoms with van der Waals surface area (Å²) in [5, 5.41) is 18.9. The van der Waals surface area contributed by atoms with Crippen molar-refractivity contribution in [2.45, 2.75) is 26.2 Å². The van der Waals surface area contributed by atoms with E-state index in [1.807, 2.05) is 0 Å². The van der Waals surface area contributed by atoms with Crippen molar-refractivity contribution >= 4 is 11.7 Å². The van der Waals surface area contributed by atoms with Gasteiger partial charge >= 0.3 is 0 Å². The molecule has 0 spiro atoms. The molecule has 1 rings (SSSR count). The second kappa shape index (κ2) is 5.61. The van der Waals surface area contributed by atoms with Crippen molar-refractivity contribution < 1.29 is 24.5 Å². The molecule has 0 aromatic heterocycles. The summed E-state index contributed by atoms with van der Waals surface area (Å²) in [6.45, 7) is 3.34. The van der Waals surface area contributed by atoms with Gasteiger partial charge in [0.25, 0.3) is 5.91 Å². The number of hydrogen-bond acceptors (Lipinski definition) is 5. The maximum atomic E-state index is 11.8. The molecule has 0 saturated carbocycles. The van der Waals surface area contributed by atoms with Crippen LogP contribution in [0, 0.1) is 0 Å². The Balaban J connectivity index is 3.00. The van der Waals surface area contributed by atoms with Crippen molar-refractivity contribution in [3.8, 4) is 5.75 Å². The molecule has 1 atom stereocenters. The van der Waals surface area contributed by atoms with E-state index >= 15 is 0 Å². The zero-order valence-electron chi connectivity index (χ0n) is 10.1. The Labute approximate surface area is 104 Å². The highest BCUT2D eigenvalue weighted by Gasteiger charge is 2.21. The molecule has 1 aromatic carbocycles. The van der Waals surface area contributed by atoms with E-state index in [-0.39, 0.29) is 23.0 Å². The maximum absolute atomic E-state index is 11.8. The fourth-order valence-electron chi connectivity index (χ4n) is 1.35. The lowest BCUT2D eigenvalue weighted by Crippen LogP contribution is -2.27. The molecular formula is C12H15NO5. The number of ketones is 1. The van der Waals surface area contributed by atoms with Gasteiger partial charge in [0.15, 0.2) is 0 Å². The first-order valence-corrected chi connectivity index (χ1v) is 5.33. The third-order valence-corrected chi connectivity index (χ3v) is 2.17. The molecule has 1 amide bonds. The standard InChI is InChI=1S/C12H15NO5/c1-6(2)18-12(17)10(15)7-3-4-9(14)8(5-7)11(13)16/h3-6,12,14,17H,1-2H3,(H2,13,16). The third kappa shape index (κ3) is 3.28. The quantitative estimate of drug-likeness (QED) is 0.520. The van der Waals surface area contributed by atoms with E-state index in [1.165, 1.54) is 6.07 Å². The molecule has 1 unspecified atom stereocenters. The Morgan fingerprint density at radius 2 is 1.94 bits per heavy atom. The van der Waals surface area contributed by atoms with Crippen molar-refractivity contribution in [1.29, 1.82) is 0 Å². The van der Waals surface area contributed by atoms with E-state index in [9.17, 15) is 19.8 Å². The number of aliphatic hydroxyl groups is 1.